The van der Waals surface area contributed by atoms with Crippen LogP contribution in [0.2, 0.25) is 16.6 Å². The molecule has 0 N–H and O–H groups in total. The number of alkyl halides is 1. The minimum absolute atomic E-state index is 0.459. The van der Waals surface area contributed by atoms with Crippen molar-refractivity contribution in [2.24, 2.45) is 0 Å². The van der Waals surface area contributed by atoms with Gasteiger partial charge >= 0.3 is 0 Å². The van der Waals surface area contributed by atoms with Crippen molar-refractivity contribution in [2.45, 2.75) is 69.9 Å². The first kappa shape index (κ1) is 15.7. The monoisotopic (exact) mass is 294 g/mol. The smallest absolute Gasteiger partial charge is 0.200 e. The second kappa shape index (κ2) is 6.41. The van der Waals surface area contributed by atoms with E-state index in [0.29, 0.717) is 21.5 Å². The molecule has 0 fully saturated rings. The zero-order valence-corrected chi connectivity index (χ0v) is 13.9. The van der Waals surface area contributed by atoms with Gasteiger partial charge in [-0.15, -0.1) is 0 Å². The normalized spacial score (nSPS) is 15.4. The molecular weight excluding hydrogens is 268 g/mol. The van der Waals surface area contributed by atoms with Gasteiger partial charge in [0.05, 0.1) is 0 Å². The van der Waals surface area contributed by atoms with Gasteiger partial charge in [-0.2, -0.15) is 0 Å². The van der Waals surface area contributed by atoms with Gasteiger partial charge in [0, 0.05) is 11.4 Å². The SMILES string of the molecule is CC(Br)CO[Si](C(C)C)(C(C)C)C(C)C. The molecule has 0 aromatic rings. The van der Waals surface area contributed by atoms with E-state index in [-0.39, 0.29) is 0 Å². The fourth-order valence-corrected chi connectivity index (χ4v) is 8.67. The summed E-state index contributed by atoms with van der Waals surface area (Å²) < 4.78 is 6.37. The highest BCUT2D eigenvalue weighted by molar-refractivity contribution is 9.09. The van der Waals surface area contributed by atoms with Crippen molar-refractivity contribution in [1.29, 1.82) is 0 Å². The zero-order valence-electron chi connectivity index (χ0n) is 11.3. The van der Waals surface area contributed by atoms with Crippen LogP contribution in [0.25, 0.3) is 0 Å². The molecule has 3 heteroatoms. The van der Waals surface area contributed by atoms with Gasteiger partial charge in [0.15, 0.2) is 8.32 Å². The minimum atomic E-state index is -1.62. The molecule has 0 amide bonds. The Morgan fingerprint density at radius 2 is 1.20 bits per heavy atom. The summed E-state index contributed by atoms with van der Waals surface area (Å²) in [5.41, 5.74) is 2.05. The van der Waals surface area contributed by atoms with Crippen molar-refractivity contribution < 1.29 is 4.43 Å². The van der Waals surface area contributed by atoms with Crippen LogP contribution in [0.1, 0.15) is 48.5 Å². The van der Waals surface area contributed by atoms with E-state index in [1.807, 2.05) is 0 Å². The standard InChI is InChI=1S/C12H27BrOSi/c1-9(2)15(10(3)4,11(5)6)14-8-12(7)13/h9-12H,8H2,1-7H3. The van der Waals surface area contributed by atoms with Crippen molar-refractivity contribution >= 4 is 24.2 Å². The maximum Gasteiger partial charge on any atom is 0.200 e. The van der Waals surface area contributed by atoms with Gasteiger partial charge in [-0.25, -0.2) is 0 Å². The molecule has 0 aliphatic rings. The Labute approximate surface area is 105 Å². The van der Waals surface area contributed by atoms with E-state index in [9.17, 15) is 0 Å². The third-order valence-electron chi connectivity index (χ3n) is 3.27. The van der Waals surface area contributed by atoms with Crippen molar-refractivity contribution in [1.82, 2.24) is 0 Å². The van der Waals surface area contributed by atoms with E-state index in [1.54, 1.807) is 0 Å². The number of rotatable bonds is 6. The Bertz CT molecular complexity index is 157. The van der Waals surface area contributed by atoms with Crippen LogP contribution in [0.3, 0.4) is 0 Å². The molecule has 92 valence electrons. The highest BCUT2D eigenvalue weighted by atomic mass is 79.9. The molecule has 0 heterocycles. The molecule has 1 atom stereocenters. The highest BCUT2D eigenvalue weighted by Gasteiger charge is 2.44. The lowest BCUT2D eigenvalue weighted by atomic mass is 10.5. The van der Waals surface area contributed by atoms with Gasteiger partial charge in [-0.1, -0.05) is 64.4 Å². The van der Waals surface area contributed by atoms with Gasteiger partial charge in [0.2, 0.25) is 0 Å². The molecule has 0 radical (unpaired) electrons. The van der Waals surface area contributed by atoms with Crippen molar-refractivity contribution in [3.8, 4) is 0 Å². The van der Waals surface area contributed by atoms with Crippen LogP contribution in [0.15, 0.2) is 0 Å². The molecule has 0 aromatic carbocycles. The maximum absolute atomic E-state index is 6.37. The quantitative estimate of drug-likeness (QED) is 0.497. The predicted molar refractivity (Wildman–Crippen MR) is 75.4 cm³/mol. The zero-order chi connectivity index (χ0) is 12.2. The van der Waals surface area contributed by atoms with Gasteiger partial charge < -0.3 is 4.43 Å². The fourth-order valence-electron chi connectivity index (χ4n) is 2.76. The summed E-state index contributed by atoms with van der Waals surface area (Å²) in [4.78, 5) is 0.459. The summed E-state index contributed by atoms with van der Waals surface area (Å²) in [7, 11) is -1.62. The Morgan fingerprint density at radius 3 is 1.40 bits per heavy atom. The second-order valence-corrected chi connectivity index (χ2v) is 12.4. The Kier molecular flexibility index (Phi) is 6.69. The summed E-state index contributed by atoms with van der Waals surface area (Å²) in [5, 5.41) is 0. The van der Waals surface area contributed by atoms with Crippen LogP contribution in [0.4, 0.5) is 0 Å². The third kappa shape index (κ3) is 3.86. The van der Waals surface area contributed by atoms with Crippen molar-refractivity contribution in [2.75, 3.05) is 6.61 Å². The molecule has 0 aliphatic carbocycles. The van der Waals surface area contributed by atoms with Gasteiger partial charge in [-0.3, -0.25) is 0 Å². The summed E-state index contributed by atoms with van der Waals surface area (Å²) in [6, 6.07) is 0. The third-order valence-corrected chi connectivity index (χ3v) is 9.62. The van der Waals surface area contributed by atoms with Crippen LogP contribution >= 0.6 is 15.9 Å². The van der Waals surface area contributed by atoms with E-state index >= 15 is 0 Å². The van der Waals surface area contributed by atoms with E-state index in [2.05, 4.69) is 64.4 Å². The van der Waals surface area contributed by atoms with Crippen LogP contribution in [-0.4, -0.2) is 19.8 Å². The summed E-state index contributed by atoms with van der Waals surface area (Å²) >= 11 is 3.57. The number of halogens is 1. The first-order valence-corrected chi connectivity index (χ1v) is 9.08. The summed E-state index contributed by atoms with van der Waals surface area (Å²) in [6.45, 7) is 16.9. The van der Waals surface area contributed by atoms with Crippen LogP contribution in [0, 0.1) is 0 Å². The summed E-state index contributed by atoms with van der Waals surface area (Å²) in [5.74, 6) is 0. The molecular formula is C12H27BrOSi. The Hall–Kier alpha value is 0.657. The molecule has 1 nitrogen and oxygen atoms in total. The Morgan fingerprint density at radius 1 is 0.867 bits per heavy atom. The lowest BCUT2D eigenvalue weighted by Gasteiger charge is -2.42. The predicted octanol–water partition coefficient (Wildman–Crippen LogP) is 4.96. The topological polar surface area (TPSA) is 9.23 Å². The van der Waals surface area contributed by atoms with Crippen molar-refractivity contribution in [3.63, 3.8) is 0 Å². The fraction of sp³-hybridized carbons (Fsp3) is 1.00. The molecule has 15 heavy (non-hydrogen) atoms. The molecule has 0 bridgehead atoms. The first-order chi connectivity index (χ1) is 6.75. The maximum atomic E-state index is 6.37. The van der Waals surface area contributed by atoms with Crippen LogP contribution in [-0.2, 0) is 4.43 Å². The van der Waals surface area contributed by atoms with Crippen LogP contribution in [0.5, 0.6) is 0 Å². The van der Waals surface area contributed by atoms with E-state index in [1.165, 1.54) is 0 Å². The lowest BCUT2D eigenvalue weighted by Crippen LogP contribution is -2.48. The molecule has 0 spiro atoms. The molecule has 0 aliphatic heterocycles. The van der Waals surface area contributed by atoms with Gasteiger partial charge in [0.25, 0.3) is 0 Å². The van der Waals surface area contributed by atoms with Gasteiger partial charge in [0.1, 0.15) is 0 Å². The van der Waals surface area contributed by atoms with E-state index in [4.69, 9.17) is 4.43 Å². The van der Waals surface area contributed by atoms with E-state index < -0.39 is 8.32 Å². The van der Waals surface area contributed by atoms with Crippen molar-refractivity contribution in [3.05, 3.63) is 0 Å². The molecule has 0 rings (SSSR count). The highest BCUT2D eigenvalue weighted by Crippen LogP contribution is 2.42. The molecule has 0 saturated heterocycles. The second-order valence-electron chi connectivity index (χ2n) is 5.41. The number of hydrogen-bond donors (Lipinski definition) is 0. The Balaban J connectivity index is 4.80. The molecule has 0 saturated carbocycles. The largest absolute Gasteiger partial charge is 0.415 e. The first-order valence-electron chi connectivity index (χ1n) is 6.03. The van der Waals surface area contributed by atoms with E-state index in [0.717, 1.165) is 6.61 Å². The summed E-state index contributed by atoms with van der Waals surface area (Å²) in [6.07, 6.45) is 0. The van der Waals surface area contributed by atoms with Gasteiger partial charge in [-0.05, 0) is 16.6 Å². The minimum Gasteiger partial charge on any atom is -0.415 e. The molecule has 1 unspecified atom stereocenters. The lowest BCUT2D eigenvalue weighted by molar-refractivity contribution is 0.283. The average molecular weight is 295 g/mol. The molecule has 0 aromatic heterocycles. The number of hydrogen-bond acceptors (Lipinski definition) is 1. The average Bonchev–Trinajstić information content (AvgIpc) is 2.02. The van der Waals surface area contributed by atoms with Crippen LogP contribution < -0.4 is 0 Å².